The van der Waals surface area contributed by atoms with Crippen molar-refractivity contribution in [2.75, 3.05) is 17.7 Å². The maximum atomic E-state index is 11.6. The van der Waals surface area contributed by atoms with Crippen LogP contribution < -0.4 is 5.32 Å². The molecule has 29 heavy (non-hydrogen) atoms. The molecular weight excluding hydrogens is 420 g/mol. The molecule has 1 saturated carbocycles. The first kappa shape index (κ1) is 22.5. The predicted molar refractivity (Wildman–Crippen MR) is 111 cm³/mol. The molecule has 2 aliphatic rings. The van der Waals surface area contributed by atoms with Gasteiger partial charge in [0.25, 0.3) is 0 Å². The van der Waals surface area contributed by atoms with Gasteiger partial charge in [0.1, 0.15) is 12.2 Å². The number of nitrogens with one attached hydrogen (secondary N) is 1. The molecule has 0 spiro atoms. The van der Waals surface area contributed by atoms with Crippen molar-refractivity contribution < 1.29 is 19.1 Å². The van der Waals surface area contributed by atoms with Gasteiger partial charge in [-0.2, -0.15) is 4.98 Å². The molecule has 162 valence electrons. The van der Waals surface area contributed by atoms with Crippen molar-refractivity contribution in [1.82, 2.24) is 9.97 Å². The zero-order valence-electron chi connectivity index (χ0n) is 17.0. The SMILES string of the molecule is CCCO[C@H]1C[C@@H](Nc2nc(SCCC)nc(Cl)c2[N+](=O)[O-])[C@@H]2OC(C)(C)O[C@@H]21. The highest BCUT2D eigenvalue weighted by Crippen LogP contribution is 2.42. The lowest BCUT2D eigenvalue weighted by Crippen LogP contribution is -2.35. The van der Waals surface area contributed by atoms with E-state index >= 15 is 0 Å². The molecule has 0 unspecified atom stereocenters. The summed E-state index contributed by atoms with van der Waals surface area (Å²) in [4.78, 5) is 19.5. The average Bonchev–Trinajstić information content (AvgIpc) is 3.11. The minimum atomic E-state index is -0.749. The van der Waals surface area contributed by atoms with Crippen LogP contribution in [0.3, 0.4) is 0 Å². The molecular formula is C18H27ClN4O5S. The van der Waals surface area contributed by atoms with E-state index in [9.17, 15) is 10.1 Å². The van der Waals surface area contributed by atoms with E-state index in [4.69, 9.17) is 25.8 Å². The number of anilines is 1. The molecule has 0 amide bonds. The van der Waals surface area contributed by atoms with Crippen LogP contribution >= 0.6 is 23.4 Å². The Morgan fingerprint density at radius 1 is 1.31 bits per heavy atom. The predicted octanol–water partition coefficient (Wildman–Crippen LogP) is 4.04. The Kier molecular flexibility index (Phi) is 7.21. The van der Waals surface area contributed by atoms with Crippen LogP contribution in [0, 0.1) is 10.1 Å². The van der Waals surface area contributed by atoms with Crippen molar-refractivity contribution >= 4 is 34.9 Å². The maximum Gasteiger partial charge on any atom is 0.348 e. The fraction of sp³-hybridized carbons (Fsp3) is 0.778. The van der Waals surface area contributed by atoms with E-state index in [1.54, 1.807) is 0 Å². The molecule has 9 nitrogen and oxygen atoms in total. The standard InChI is InChI=1S/C18H27ClN4O5S/c1-5-7-26-11-9-10(13-14(11)28-18(3,4)27-13)20-16-12(23(24)25)15(19)21-17(22-16)29-8-6-2/h10-11,13-14H,5-9H2,1-4H3,(H,20,21,22)/t10-,11+,13+,14-/m1/s1. The van der Waals surface area contributed by atoms with Gasteiger partial charge >= 0.3 is 5.69 Å². The monoisotopic (exact) mass is 446 g/mol. The average molecular weight is 447 g/mol. The summed E-state index contributed by atoms with van der Waals surface area (Å²) in [6.45, 7) is 8.39. The van der Waals surface area contributed by atoms with Gasteiger partial charge in [0, 0.05) is 12.4 Å². The number of ether oxygens (including phenoxy) is 3. The summed E-state index contributed by atoms with van der Waals surface area (Å²) in [7, 11) is 0. The van der Waals surface area contributed by atoms with Crippen LogP contribution in [-0.4, -0.2) is 57.4 Å². The summed E-state index contributed by atoms with van der Waals surface area (Å²) >= 11 is 7.53. The van der Waals surface area contributed by atoms with Gasteiger partial charge in [0.15, 0.2) is 10.9 Å². The molecule has 1 aliphatic heterocycles. The van der Waals surface area contributed by atoms with Crippen LogP contribution in [0.1, 0.15) is 47.0 Å². The number of nitrogens with zero attached hydrogens (tertiary/aromatic N) is 3. The Morgan fingerprint density at radius 3 is 2.69 bits per heavy atom. The summed E-state index contributed by atoms with van der Waals surface area (Å²) in [6, 6.07) is -0.266. The molecule has 0 radical (unpaired) electrons. The van der Waals surface area contributed by atoms with Gasteiger partial charge in [0.2, 0.25) is 11.0 Å². The fourth-order valence-electron chi connectivity index (χ4n) is 3.61. The second-order valence-electron chi connectivity index (χ2n) is 7.56. The Balaban J connectivity index is 1.87. The summed E-state index contributed by atoms with van der Waals surface area (Å²) < 4.78 is 18.1. The lowest BCUT2D eigenvalue weighted by Gasteiger charge is -2.24. The van der Waals surface area contributed by atoms with E-state index in [-0.39, 0.29) is 41.0 Å². The van der Waals surface area contributed by atoms with Crippen molar-refractivity contribution in [2.45, 2.75) is 82.3 Å². The van der Waals surface area contributed by atoms with Gasteiger partial charge in [-0.05, 0) is 33.1 Å². The van der Waals surface area contributed by atoms with E-state index in [1.807, 2.05) is 27.7 Å². The zero-order valence-corrected chi connectivity index (χ0v) is 18.6. The minimum absolute atomic E-state index is 0.0989. The molecule has 4 atom stereocenters. The van der Waals surface area contributed by atoms with Crippen molar-refractivity contribution in [2.24, 2.45) is 0 Å². The largest absolute Gasteiger partial charge is 0.375 e. The van der Waals surface area contributed by atoms with Gasteiger partial charge in [-0.1, -0.05) is 37.2 Å². The van der Waals surface area contributed by atoms with E-state index in [0.717, 1.165) is 18.6 Å². The van der Waals surface area contributed by atoms with Crippen molar-refractivity contribution in [1.29, 1.82) is 0 Å². The summed E-state index contributed by atoms with van der Waals surface area (Å²) in [5, 5.41) is 15.0. The summed E-state index contributed by atoms with van der Waals surface area (Å²) in [6.07, 6.45) is 1.67. The quantitative estimate of drug-likeness (QED) is 0.197. The Labute approximate surface area is 179 Å². The number of hydrogen-bond acceptors (Lipinski definition) is 9. The minimum Gasteiger partial charge on any atom is -0.375 e. The van der Waals surface area contributed by atoms with Crippen LogP contribution in [0.2, 0.25) is 5.15 Å². The van der Waals surface area contributed by atoms with Crippen molar-refractivity contribution in [3.63, 3.8) is 0 Å². The molecule has 1 aliphatic carbocycles. The van der Waals surface area contributed by atoms with Gasteiger partial charge < -0.3 is 19.5 Å². The Bertz CT molecular complexity index is 753. The third kappa shape index (κ3) is 5.11. The first-order valence-corrected chi connectivity index (χ1v) is 11.2. The van der Waals surface area contributed by atoms with Crippen LogP contribution in [0.4, 0.5) is 11.5 Å². The molecule has 0 aromatic carbocycles. The third-order valence-corrected chi connectivity index (χ3v) is 6.03. The fourth-order valence-corrected chi connectivity index (χ4v) is 4.60. The summed E-state index contributed by atoms with van der Waals surface area (Å²) in [5.74, 6) is 0.141. The zero-order chi connectivity index (χ0) is 21.2. The maximum absolute atomic E-state index is 11.6. The topological polar surface area (TPSA) is 109 Å². The lowest BCUT2D eigenvalue weighted by molar-refractivity contribution is -0.384. The highest BCUT2D eigenvalue weighted by Gasteiger charge is 2.55. The number of thioether (sulfide) groups is 1. The third-order valence-electron chi connectivity index (χ3n) is 4.71. The highest BCUT2D eigenvalue weighted by molar-refractivity contribution is 7.99. The van der Waals surface area contributed by atoms with Gasteiger partial charge in [-0.3, -0.25) is 10.1 Å². The number of rotatable bonds is 9. The molecule has 1 N–H and O–H groups in total. The molecule has 1 aromatic rings. The molecule has 1 saturated heterocycles. The van der Waals surface area contributed by atoms with E-state index in [2.05, 4.69) is 15.3 Å². The second-order valence-corrected chi connectivity index (χ2v) is 8.98. The Morgan fingerprint density at radius 2 is 2.03 bits per heavy atom. The smallest absolute Gasteiger partial charge is 0.348 e. The first-order valence-electron chi connectivity index (χ1n) is 9.84. The summed E-state index contributed by atoms with van der Waals surface area (Å²) in [5.41, 5.74) is -0.333. The number of aromatic nitrogens is 2. The normalized spacial score (nSPS) is 27.8. The molecule has 0 bridgehead atoms. The van der Waals surface area contributed by atoms with Crippen LogP contribution in [0.15, 0.2) is 5.16 Å². The van der Waals surface area contributed by atoms with Crippen LogP contribution in [0.25, 0.3) is 0 Å². The number of hydrogen-bond donors (Lipinski definition) is 1. The number of nitro groups is 1. The number of fused-ring (bicyclic) bond motifs is 1. The molecule has 2 heterocycles. The van der Waals surface area contributed by atoms with Crippen molar-refractivity contribution in [3.05, 3.63) is 15.3 Å². The van der Waals surface area contributed by atoms with Gasteiger partial charge in [-0.25, -0.2) is 4.98 Å². The van der Waals surface area contributed by atoms with Crippen molar-refractivity contribution in [3.8, 4) is 0 Å². The molecule has 1 aromatic heterocycles. The van der Waals surface area contributed by atoms with Crippen LogP contribution in [-0.2, 0) is 14.2 Å². The lowest BCUT2D eigenvalue weighted by atomic mass is 10.2. The van der Waals surface area contributed by atoms with Gasteiger partial charge in [0.05, 0.1) is 17.1 Å². The number of halogens is 1. The Hall–Kier alpha value is -1.20. The van der Waals surface area contributed by atoms with E-state index in [1.165, 1.54) is 11.8 Å². The highest BCUT2D eigenvalue weighted by atomic mass is 35.5. The molecule has 2 fully saturated rings. The van der Waals surface area contributed by atoms with E-state index < -0.39 is 10.7 Å². The second kappa shape index (κ2) is 9.30. The first-order chi connectivity index (χ1) is 13.8. The molecule has 3 rings (SSSR count). The van der Waals surface area contributed by atoms with E-state index in [0.29, 0.717) is 18.2 Å². The van der Waals surface area contributed by atoms with Crippen LogP contribution in [0.5, 0.6) is 0 Å². The molecule has 11 heteroatoms. The van der Waals surface area contributed by atoms with Gasteiger partial charge in [-0.15, -0.1) is 0 Å².